The number of hydrogen-bond acceptors (Lipinski definition) is 4. The molecule has 0 radical (unpaired) electrons. The zero-order valence-corrected chi connectivity index (χ0v) is 12.9. The second kappa shape index (κ2) is 8.34. The Morgan fingerprint density at radius 1 is 1.33 bits per heavy atom. The van der Waals surface area contributed by atoms with Crippen LogP contribution in [0.3, 0.4) is 0 Å². The summed E-state index contributed by atoms with van der Waals surface area (Å²) >= 11 is 0. The molecule has 0 atom stereocenters. The smallest absolute Gasteiger partial charge is 0.241 e. The van der Waals surface area contributed by atoms with Crippen LogP contribution in [0, 0.1) is 5.82 Å². The number of nitrogen functional groups attached to an aromatic ring is 1. The predicted molar refractivity (Wildman–Crippen MR) is 83.0 cm³/mol. The molecule has 0 unspecified atom stereocenters. The van der Waals surface area contributed by atoms with E-state index in [1.54, 1.807) is 4.90 Å². The largest absolute Gasteiger partial charge is 0.490 e. The first kappa shape index (κ1) is 17.1. The fourth-order valence-electron chi connectivity index (χ4n) is 1.90. The Labute approximate surface area is 125 Å². The number of benzene rings is 1. The molecule has 0 saturated carbocycles. The van der Waals surface area contributed by atoms with E-state index >= 15 is 0 Å². The second-order valence-corrected chi connectivity index (χ2v) is 4.64. The van der Waals surface area contributed by atoms with Crippen LogP contribution >= 0.6 is 0 Å². The van der Waals surface area contributed by atoms with Gasteiger partial charge in [0.2, 0.25) is 5.91 Å². The Hall–Kier alpha value is -1.98. The van der Waals surface area contributed by atoms with Gasteiger partial charge in [-0.1, -0.05) is 6.92 Å². The molecule has 0 fully saturated rings. The third-order valence-corrected chi connectivity index (χ3v) is 3.11. The Balaban J connectivity index is 2.76. The number of amides is 1. The van der Waals surface area contributed by atoms with Crippen LogP contribution in [0.2, 0.25) is 0 Å². The summed E-state index contributed by atoms with van der Waals surface area (Å²) in [5.74, 6) is -0.384. The summed E-state index contributed by atoms with van der Waals surface area (Å²) in [6.07, 6.45) is 0.785. The predicted octanol–water partition coefficient (Wildman–Crippen LogP) is 2.48. The minimum Gasteiger partial charge on any atom is -0.490 e. The van der Waals surface area contributed by atoms with Crippen molar-refractivity contribution in [2.45, 2.75) is 27.2 Å². The molecule has 1 rings (SSSR count). The molecule has 0 aromatic heterocycles. The van der Waals surface area contributed by atoms with Gasteiger partial charge in [-0.25, -0.2) is 4.39 Å². The van der Waals surface area contributed by atoms with E-state index in [1.165, 1.54) is 12.1 Å². The van der Waals surface area contributed by atoms with Gasteiger partial charge in [0.05, 0.1) is 24.5 Å². The number of likely N-dealkylation sites (N-methyl/N-ethyl adjacent to an activating group) is 1. The average Bonchev–Trinajstić information content (AvgIpc) is 2.46. The standard InChI is InChI=1S/C15H24FN3O2/c1-4-7-21-14-9-13(12(17)8-11(14)16)18-10-15(20)19(5-2)6-3/h8-9,18H,4-7,10,17H2,1-3H3. The van der Waals surface area contributed by atoms with Crippen LogP contribution in [0.15, 0.2) is 12.1 Å². The fraction of sp³-hybridized carbons (Fsp3) is 0.533. The molecule has 6 heteroatoms. The quantitative estimate of drug-likeness (QED) is 0.723. The molecule has 1 amide bonds. The van der Waals surface area contributed by atoms with Gasteiger partial charge in [0, 0.05) is 25.2 Å². The molecule has 0 saturated heterocycles. The highest BCUT2D eigenvalue weighted by atomic mass is 19.1. The van der Waals surface area contributed by atoms with Crippen LogP contribution in [0.5, 0.6) is 5.75 Å². The first-order chi connectivity index (χ1) is 10.0. The molecule has 0 bridgehead atoms. The maximum absolute atomic E-state index is 13.7. The van der Waals surface area contributed by atoms with Crippen molar-refractivity contribution in [2.75, 3.05) is 37.3 Å². The lowest BCUT2D eigenvalue weighted by Crippen LogP contribution is -2.35. The summed E-state index contributed by atoms with van der Waals surface area (Å²) < 4.78 is 19.0. The maximum Gasteiger partial charge on any atom is 0.241 e. The van der Waals surface area contributed by atoms with Gasteiger partial charge in [0.1, 0.15) is 0 Å². The minimum atomic E-state index is -0.499. The lowest BCUT2D eigenvalue weighted by molar-refractivity contribution is -0.128. The summed E-state index contributed by atoms with van der Waals surface area (Å²) in [6.45, 7) is 7.64. The zero-order valence-electron chi connectivity index (χ0n) is 12.9. The Kier molecular flexibility index (Phi) is 6.78. The number of anilines is 2. The van der Waals surface area contributed by atoms with Crippen LogP contribution in [0.1, 0.15) is 27.2 Å². The van der Waals surface area contributed by atoms with Crippen LogP contribution in [0.25, 0.3) is 0 Å². The van der Waals surface area contributed by atoms with E-state index in [1.807, 2.05) is 20.8 Å². The monoisotopic (exact) mass is 297 g/mol. The fourth-order valence-corrected chi connectivity index (χ4v) is 1.90. The lowest BCUT2D eigenvalue weighted by atomic mass is 10.2. The molecule has 0 spiro atoms. The van der Waals surface area contributed by atoms with Gasteiger partial charge < -0.3 is 20.7 Å². The van der Waals surface area contributed by atoms with Crippen LogP contribution in [0.4, 0.5) is 15.8 Å². The third kappa shape index (κ3) is 4.81. The highest BCUT2D eigenvalue weighted by Crippen LogP contribution is 2.28. The Morgan fingerprint density at radius 2 is 2.00 bits per heavy atom. The van der Waals surface area contributed by atoms with E-state index in [9.17, 15) is 9.18 Å². The third-order valence-electron chi connectivity index (χ3n) is 3.11. The van der Waals surface area contributed by atoms with Crippen molar-refractivity contribution in [3.63, 3.8) is 0 Å². The summed E-state index contributed by atoms with van der Waals surface area (Å²) in [7, 11) is 0. The highest BCUT2D eigenvalue weighted by Gasteiger charge is 2.12. The Morgan fingerprint density at radius 3 is 2.57 bits per heavy atom. The molecule has 0 aliphatic heterocycles. The van der Waals surface area contributed by atoms with E-state index in [0.29, 0.717) is 25.4 Å². The second-order valence-electron chi connectivity index (χ2n) is 4.64. The van der Waals surface area contributed by atoms with Crippen molar-refractivity contribution >= 4 is 17.3 Å². The number of nitrogens with one attached hydrogen (secondary N) is 1. The number of rotatable bonds is 8. The van der Waals surface area contributed by atoms with E-state index in [-0.39, 0.29) is 23.9 Å². The van der Waals surface area contributed by atoms with Gasteiger partial charge in [0.15, 0.2) is 11.6 Å². The number of carbonyl (C=O) groups is 1. The van der Waals surface area contributed by atoms with E-state index in [4.69, 9.17) is 10.5 Å². The average molecular weight is 297 g/mol. The van der Waals surface area contributed by atoms with Crippen molar-refractivity contribution in [3.05, 3.63) is 17.9 Å². The van der Waals surface area contributed by atoms with Crippen molar-refractivity contribution in [3.8, 4) is 5.75 Å². The molecule has 21 heavy (non-hydrogen) atoms. The summed E-state index contributed by atoms with van der Waals surface area (Å²) in [5.41, 5.74) is 6.52. The molecule has 0 heterocycles. The molecule has 5 nitrogen and oxygen atoms in total. The van der Waals surface area contributed by atoms with Gasteiger partial charge in [-0.3, -0.25) is 4.79 Å². The maximum atomic E-state index is 13.7. The van der Waals surface area contributed by atoms with E-state index in [0.717, 1.165) is 6.42 Å². The summed E-state index contributed by atoms with van der Waals surface area (Å²) in [6, 6.07) is 2.70. The van der Waals surface area contributed by atoms with Gasteiger partial charge in [0.25, 0.3) is 0 Å². The number of nitrogens with zero attached hydrogens (tertiary/aromatic N) is 1. The highest BCUT2D eigenvalue weighted by molar-refractivity contribution is 5.82. The summed E-state index contributed by atoms with van der Waals surface area (Å²) in [5, 5.41) is 2.94. The van der Waals surface area contributed by atoms with Gasteiger partial charge in [-0.2, -0.15) is 0 Å². The number of ether oxygens (including phenoxy) is 1. The van der Waals surface area contributed by atoms with Crippen LogP contribution < -0.4 is 15.8 Å². The minimum absolute atomic E-state index is 0.0280. The lowest BCUT2D eigenvalue weighted by Gasteiger charge is -2.19. The topological polar surface area (TPSA) is 67.6 Å². The van der Waals surface area contributed by atoms with E-state index < -0.39 is 5.82 Å². The molecule has 1 aromatic rings. The number of hydrogen-bond donors (Lipinski definition) is 2. The molecular weight excluding hydrogens is 273 g/mol. The van der Waals surface area contributed by atoms with Crippen molar-refractivity contribution in [1.29, 1.82) is 0 Å². The Bertz CT molecular complexity index is 476. The zero-order chi connectivity index (χ0) is 15.8. The van der Waals surface area contributed by atoms with Crippen molar-refractivity contribution in [1.82, 2.24) is 4.90 Å². The molecule has 0 aliphatic carbocycles. The first-order valence-corrected chi connectivity index (χ1v) is 7.26. The molecular formula is C15H24FN3O2. The van der Waals surface area contributed by atoms with Crippen LogP contribution in [-0.4, -0.2) is 37.0 Å². The van der Waals surface area contributed by atoms with Gasteiger partial charge in [-0.15, -0.1) is 0 Å². The summed E-state index contributed by atoms with van der Waals surface area (Å²) in [4.78, 5) is 13.6. The number of carbonyl (C=O) groups excluding carboxylic acids is 1. The van der Waals surface area contributed by atoms with Crippen molar-refractivity contribution < 1.29 is 13.9 Å². The first-order valence-electron chi connectivity index (χ1n) is 7.26. The SMILES string of the molecule is CCCOc1cc(NCC(=O)N(CC)CC)c(N)cc1F. The van der Waals surface area contributed by atoms with Gasteiger partial charge in [-0.05, 0) is 20.3 Å². The number of halogens is 1. The number of nitrogens with two attached hydrogens (primary N) is 1. The van der Waals surface area contributed by atoms with Crippen LogP contribution in [-0.2, 0) is 4.79 Å². The molecule has 1 aromatic carbocycles. The molecule has 3 N–H and O–H groups in total. The van der Waals surface area contributed by atoms with Crippen molar-refractivity contribution in [2.24, 2.45) is 0 Å². The van der Waals surface area contributed by atoms with E-state index in [2.05, 4.69) is 5.32 Å². The molecule has 0 aliphatic rings. The van der Waals surface area contributed by atoms with Gasteiger partial charge >= 0.3 is 0 Å². The molecule has 118 valence electrons. The normalized spacial score (nSPS) is 10.3.